The van der Waals surface area contributed by atoms with E-state index in [2.05, 4.69) is 37.1 Å². The lowest BCUT2D eigenvalue weighted by atomic mass is 9.87. The molecule has 4 nitrogen and oxygen atoms in total. The number of nitriles is 1. The zero-order valence-electron chi connectivity index (χ0n) is 15.3. The SMILES string of the molecule is CC(C)(C)CC(CO)NC1CCN(Cc2ccc(C#N)cc2)CC1. The summed E-state index contributed by atoms with van der Waals surface area (Å²) in [6.45, 7) is 9.97. The van der Waals surface area contributed by atoms with Crippen molar-refractivity contribution in [2.45, 2.75) is 58.7 Å². The zero-order chi connectivity index (χ0) is 17.6. The molecule has 1 saturated heterocycles. The Hall–Kier alpha value is -1.41. The third-order valence-electron chi connectivity index (χ3n) is 4.63. The third-order valence-corrected chi connectivity index (χ3v) is 4.63. The number of likely N-dealkylation sites (tertiary alicyclic amines) is 1. The Kier molecular flexibility index (Phi) is 6.79. The number of piperidine rings is 1. The molecule has 2 rings (SSSR count). The van der Waals surface area contributed by atoms with Crippen LogP contribution in [0, 0.1) is 16.7 Å². The Labute approximate surface area is 146 Å². The average molecular weight is 329 g/mol. The highest BCUT2D eigenvalue weighted by Crippen LogP contribution is 2.22. The lowest BCUT2D eigenvalue weighted by molar-refractivity contribution is 0.149. The molecule has 1 aromatic rings. The van der Waals surface area contributed by atoms with E-state index in [0.717, 1.165) is 44.5 Å². The van der Waals surface area contributed by atoms with Crippen LogP contribution < -0.4 is 5.32 Å². The van der Waals surface area contributed by atoms with Crippen LogP contribution in [0.5, 0.6) is 0 Å². The van der Waals surface area contributed by atoms with E-state index in [-0.39, 0.29) is 18.1 Å². The minimum atomic E-state index is 0.195. The van der Waals surface area contributed by atoms with Gasteiger partial charge in [-0.1, -0.05) is 32.9 Å². The van der Waals surface area contributed by atoms with Crippen molar-refractivity contribution in [1.82, 2.24) is 10.2 Å². The molecule has 0 aromatic heterocycles. The van der Waals surface area contributed by atoms with Crippen LogP contribution in [0.25, 0.3) is 0 Å². The van der Waals surface area contributed by atoms with Gasteiger partial charge in [-0.3, -0.25) is 4.90 Å². The molecule has 1 aromatic carbocycles. The molecular weight excluding hydrogens is 298 g/mol. The fourth-order valence-electron chi connectivity index (χ4n) is 3.45. The second-order valence-electron chi connectivity index (χ2n) is 8.17. The molecule has 0 aliphatic carbocycles. The second kappa shape index (κ2) is 8.62. The molecule has 4 heteroatoms. The van der Waals surface area contributed by atoms with Gasteiger partial charge in [-0.15, -0.1) is 0 Å². The van der Waals surface area contributed by atoms with Crippen LogP contribution in [0.1, 0.15) is 51.2 Å². The molecule has 2 N–H and O–H groups in total. The summed E-state index contributed by atoms with van der Waals surface area (Å²) in [4.78, 5) is 2.47. The first kappa shape index (κ1) is 18.9. The highest BCUT2D eigenvalue weighted by molar-refractivity contribution is 5.31. The van der Waals surface area contributed by atoms with Gasteiger partial charge < -0.3 is 10.4 Å². The molecule has 0 bridgehead atoms. The maximum Gasteiger partial charge on any atom is 0.0991 e. The molecule has 1 unspecified atom stereocenters. The Balaban J connectivity index is 1.77. The lowest BCUT2D eigenvalue weighted by Gasteiger charge is -2.35. The molecule has 1 aliphatic heterocycles. The quantitative estimate of drug-likeness (QED) is 0.842. The summed E-state index contributed by atoms with van der Waals surface area (Å²) in [5, 5.41) is 22.1. The van der Waals surface area contributed by atoms with E-state index in [9.17, 15) is 5.11 Å². The number of aliphatic hydroxyl groups excluding tert-OH is 1. The van der Waals surface area contributed by atoms with Crippen LogP contribution in [0.15, 0.2) is 24.3 Å². The van der Waals surface area contributed by atoms with E-state index >= 15 is 0 Å². The van der Waals surface area contributed by atoms with Gasteiger partial charge in [0, 0.05) is 18.6 Å². The monoisotopic (exact) mass is 329 g/mol. The first-order valence-electron chi connectivity index (χ1n) is 8.98. The van der Waals surface area contributed by atoms with Gasteiger partial charge >= 0.3 is 0 Å². The molecule has 1 fully saturated rings. The van der Waals surface area contributed by atoms with Crippen molar-refractivity contribution >= 4 is 0 Å². The number of benzene rings is 1. The predicted molar refractivity (Wildman–Crippen MR) is 97.5 cm³/mol. The van der Waals surface area contributed by atoms with Gasteiger partial charge in [0.05, 0.1) is 18.2 Å². The van der Waals surface area contributed by atoms with Crippen molar-refractivity contribution < 1.29 is 5.11 Å². The summed E-state index contributed by atoms with van der Waals surface area (Å²) in [7, 11) is 0. The Bertz CT molecular complexity index is 533. The molecule has 0 radical (unpaired) electrons. The van der Waals surface area contributed by atoms with Crippen molar-refractivity contribution in [3.05, 3.63) is 35.4 Å². The van der Waals surface area contributed by atoms with E-state index in [1.807, 2.05) is 24.3 Å². The second-order valence-corrected chi connectivity index (χ2v) is 8.17. The topological polar surface area (TPSA) is 59.3 Å². The van der Waals surface area contributed by atoms with Crippen molar-refractivity contribution in [2.24, 2.45) is 5.41 Å². The summed E-state index contributed by atoms with van der Waals surface area (Å²) in [6, 6.07) is 10.7. The minimum absolute atomic E-state index is 0.195. The molecule has 132 valence electrons. The average Bonchev–Trinajstić information content (AvgIpc) is 2.55. The van der Waals surface area contributed by atoms with Gasteiger partial charge in [-0.2, -0.15) is 5.26 Å². The summed E-state index contributed by atoms with van der Waals surface area (Å²) >= 11 is 0. The molecule has 24 heavy (non-hydrogen) atoms. The number of hydrogen-bond acceptors (Lipinski definition) is 4. The maximum absolute atomic E-state index is 9.61. The number of nitrogens with zero attached hydrogens (tertiary/aromatic N) is 2. The van der Waals surface area contributed by atoms with Gasteiger partial charge in [-0.25, -0.2) is 0 Å². The standard InChI is InChI=1S/C20H31N3O/c1-20(2,3)12-19(15-24)22-18-8-10-23(11-9-18)14-17-6-4-16(13-21)5-7-17/h4-7,18-19,22,24H,8-12,14-15H2,1-3H3. The van der Waals surface area contributed by atoms with Crippen molar-refractivity contribution in [2.75, 3.05) is 19.7 Å². The first-order valence-corrected chi connectivity index (χ1v) is 8.98. The first-order chi connectivity index (χ1) is 11.4. The molecule has 0 spiro atoms. The number of aliphatic hydroxyl groups is 1. The van der Waals surface area contributed by atoms with Crippen LogP contribution in [0.3, 0.4) is 0 Å². The molecule has 0 amide bonds. The van der Waals surface area contributed by atoms with Crippen molar-refractivity contribution in [3.63, 3.8) is 0 Å². The summed E-state index contributed by atoms with van der Waals surface area (Å²) in [5.74, 6) is 0. The Morgan fingerprint density at radius 3 is 2.38 bits per heavy atom. The van der Waals surface area contributed by atoms with Gasteiger partial charge in [0.2, 0.25) is 0 Å². The smallest absolute Gasteiger partial charge is 0.0991 e. The molecular formula is C20H31N3O. The summed E-state index contributed by atoms with van der Waals surface area (Å²) in [6.07, 6.45) is 3.24. The van der Waals surface area contributed by atoms with E-state index in [4.69, 9.17) is 5.26 Å². The largest absolute Gasteiger partial charge is 0.395 e. The number of nitrogens with one attached hydrogen (secondary N) is 1. The zero-order valence-corrected chi connectivity index (χ0v) is 15.3. The highest BCUT2D eigenvalue weighted by atomic mass is 16.3. The van der Waals surface area contributed by atoms with Crippen LogP contribution in [0.4, 0.5) is 0 Å². The fourth-order valence-corrected chi connectivity index (χ4v) is 3.45. The molecule has 0 saturated carbocycles. The molecule has 1 heterocycles. The van der Waals surface area contributed by atoms with Crippen LogP contribution in [-0.2, 0) is 6.54 Å². The number of hydrogen-bond donors (Lipinski definition) is 2. The number of rotatable bonds is 6. The Morgan fingerprint density at radius 2 is 1.88 bits per heavy atom. The van der Waals surface area contributed by atoms with Crippen LogP contribution in [-0.4, -0.2) is 41.8 Å². The van der Waals surface area contributed by atoms with Crippen molar-refractivity contribution in [3.8, 4) is 6.07 Å². The third kappa shape index (κ3) is 6.24. The highest BCUT2D eigenvalue weighted by Gasteiger charge is 2.24. The molecule has 1 atom stereocenters. The summed E-state index contributed by atoms with van der Waals surface area (Å²) < 4.78 is 0. The van der Waals surface area contributed by atoms with Gasteiger partial charge in [-0.05, 0) is 55.5 Å². The van der Waals surface area contributed by atoms with Crippen LogP contribution in [0.2, 0.25) is 0 Å². The normalized spacial score (nSPS) is 18.3. The summed E-state index contributed by atoms with van der Waals surface area (Å²) in [5.41, 5.74) is 2.22. The maximum atomic E-state index is 9.61. The van der Waals surface area contributed by atoms with E-state index in [0.29, 0.717) is 6.04 Å². The van der Waals surface area contributed by atoms with Gasteiger partial charge in [0.1, 0.15) is 0 Å². The lowest BCUT2D eigenvalue weighted by Crippen LogP contribution is -2.48. The fraction of sp³-hybridized carbons (Fsp3) is 0.650. The van der Waals surface area contributed by atoms with Gasteiger partial charge in [0.25, 0.3) is 0 Å². The van der Waals surface area contributed by atoms with Gasteiger partial charge in [0.15, 0.2) is 0 Å². The van der Waals surface area contributed by atoms with E-state index in [1.165, 1.54) is 5.56 Å². The predicted octanol–water partition coefficient (Wildman–Crippen LogP) is 2.91. The van der Waals surface area contributed by atoms with Crippen molar-refractivity contribution in [1.29, 1.82) is 5.26 Å². The minimum Gasteiger partial charge on any atom is -0.395 e. The Morgan fingerprint density at radius 1 is 1.25 bits per heavy atom. The molecule has 1 aliphatic rings. The van der Waals surface area contributed by atoms with Crippen LogP contribution >= 0.6 is 0 Å². The van der Waals surface area contributed by atoms with E-state index in [1.54, 1.807) is 0 Å². The van der Waals surface area contributed by atoms with E-state index < -0.39 is 0 Å².